The van der Waals surface area contributed by atoms with E-state index < -0.39 is 5.41 Å². The lowest BCUT2D eigenvalue weighted by molar-refractivity contribution is -0.142. The summed E-state index contributed by atoms with van der Waals surface area (Å²) in [6.07, 6.45) is 1.65. The zero-order valence-electron chi connectivity index (χ0n) is 17.5. The van der Waals surface area contributed by atoms with E-state index in [1.54, 1.807) is 0 Å². The van der Waals surface area contributed by atoms with E-state index in [-0.39, 0.29) is 36.2 Å². The predicted molar refractivity (Wildman–Crippen MR) is 120 cm³/mol. The Bertz CT molecular complexity index is 863. The van der Waals surface area contributed by atoms with Crippen molar-refractivity contribution in [3.8, 4) is 0 Å². The Morgan fingerprint density at radius 3 is 2.52 bits per heavy atom. The lowest BCUT2D eigenvalue weighted by Crippen LogP contribution is -2.49. The maximum atomic E-state index is 12.9. The Labute approximate surface area is 179 Å². The molecule has 2 aromatic carbocycles. The van der Waals surface area contributed by atoms with Crippen LogP contribution in [-0.2, 0) is 9.59 Å². The summed E-state index contributed by atoms with van der Waals surface area (Å²) in [6.45, 7) is 7.30. The number of likely N-dealkylation sites (tertiary alicyclic amines) is 1. The minimum atomic E-state index is -0.427. The van der Waals surface area contributed by atoms with Crippen LogP contribution in [0, 0.1) is 11.3 Å². The lowest BCUT2D eigenvalue weighted by Gasteiger charge is -2.36. The first-order chi connectivity index (χ1) is 13.3. The number of nitrogens with zero attached hydrogens (tertiary/aromatic N) is 1. The Hall–Kier alpha value is -2.11. The van der Waals surface area contributed by atoms with Crippen LogP contribution in [-0.4, -0.2) is 36.3 Å². The number of hydrogen-bond donors (Lipinski definition) is 2. The molecular formula is C23H32ClN3O2. The Kier molecular flexibility index (Phi) is 7.66. The molecule has 5 nitrogen and oxygen atoms in total. The van der Waals surface area contributed by atoms with Crippen molar-refractivity contribution in [3.63, 3.8) is 0 Å². The maximum Gasteiger partial charge on any atom is 0.227 e. The van der Waals surface area contributed by atoms with E-state index in [0.717, 1.165) is 35.7 Å². The summed E-state index contributed by atoms with van der Waals surface area (Å²) in [7, 11) is 0. The van der Waals surface area contributed by atoms with Gasteiger partial charge in [-0.25, -0.2) is 0 Å². The maximum absolute atomic E-state index is 12.9. The molecule has 158 valence electrons. The predicted octanol–water partition coefficient (Wildman–Crippen LogP) is 3.66. The SMILES string of the molecule is CC(C)(C)C(=O)N1CCCC(C(=O)NC(CN)c2ccc3ccccc3c2)C1.Cl. The van der Waals surface area contributed by atoms with Gasteiger partial charge in [-0.3, -0.25) is 9.59 Å². The zero-order valence-corrected chi connectivity index (χ0v) is 18.3. The molecule has 2 aromatic rings. The molecule has 1 saturated heterocycles. The van der Waals surface area contributed by atoms with Crippen LogP contribution >= 0.6 is 12.4 Å². The number of nitrogens with one attached hydrogen (secondary N) is 1. The molecule has 1 aliphatic rings. The largest absolute Gasteiger partial charge is 0.348 e. The molecule has 2 amide bonds. The van der Waals surface area contributed by atoms with Crippen molar-refractivity contribution in [3.05, 3.63) is 48.0 Å². The van der Waals surface area contributed by atoms with E-state index >= 15 is 0 Å². The van der Waals surface area contributed by atoms with Crippen LogP contribution in [0.3, 0.4) is 0 Å². The van der Waals surface area contributed by atoms with Crippen LogP contribution in [0.25, 0.3) is 10.8 Å². The number of nitrogens with two attached hydrogens (primary N) is 1. The number of rotatable bonds is 4. The summed E-state index contributed by atoms with van der Waals surface area (Å²) in [5.41, 5.74) is 6.56. The van der Waals surface area contributed by atoms with E-state index in [1.165, 1.54) is 0 Å². The molecule has 0 radical (unpaired) electrons. The van der Waals surface area contributed by atoms with Crippen molar-refractivity contribution < 1.29 is 9.59 Å². The summed E-state index contributed by atoms with van der Waals surface area (Å²) in [5, 5.41) is 5.41. The highest BCUT2D eigenvalue weighted by atomic mass is 35.5. The fourth-order valence-corrected chi connectivity index (χ4v) is 3.84. The average Bonchev–Trinajstić information content (AvgIpc) is 2.70. The van der Waals surface area contributed by atoms with Gasteiger partial charge in [0.25, 0.3) is 0 Å². The first-order valence-corrected chi connectivity index (χ1v) is 10.1. The van der Waals surface area contributed by atoms with Gasteiger partial charge in [0.05, 0.1) is 12.0 Å². The molecular weight excluding hydrogens is 386 g/mol. The van der Waals surface area contributed by atoms with Crippen molar-refractivity contribution in [2.45, 2.75) is 39.7 Å². The number of halogens is 1. The first kappa shape index (κ1) is 23.2. The molecule has 3 rings (SSSR count). The molecule has 2 unspecified atom stereocenters. The highest BCUT2D eigenvalue weighted by Gasteiger charge is 2.33. The van der Waals surface area contributed by atoms with E-state index in [9.17, 15) is 9.59 Å². The van der Waals surface area contributed by atoms with Crippen molar-refractivity contribution in [2.24, 2.45) is 17.1 Å². The number of amides is 2. The molecule has 0 aromatic heterocycles. The quantitative estimate of drug-likeness (QED) is 0.796. The van der Waals surface area contributed by atoms with Crippen LogP contribution in [0.1, 0.15) is 45.2 Å². The lowest BCUT2D eigenvalue weighted by atomic mass is 9.90. The molecule has 3 N–H and O–H groups in total. The summed E-state index contributed by atoms with van der Waals surface area (Å²) in [5.74, 6) is -0.0977. The van der Waals surface area contributed by atoms with Gasteiger partial charge in [0.2, 0.25) is 11.8 Å². The second-order valence-corrected chi connectivity index (χ2v) is 8.74. The second kappa shape index (κ2) is 9.59. The number of fused-ring (bicyclic) bond motifs is 1. The summed E-state index contributed by atoms with van der Waals surface area (Å²) in [6, 6.07) is 14.1. The number of carbonyl (C=O) groups excluding carboxylic acids is 2. The number of hydrogen-bond acceptors (Lipinski definition) is 3. The van der Waals surface area contributed by atoms with Crippen molar-refractivity contribution >= 4 is 35.0 Å². The van der Waals surface area contributed by atoms with Gasteiger partial charge in [-0.2, -0.15) is 0 Å². The van der Waals surface area contributed by atoms with E-state index in [4.69, 9.17) is 5.73 Å². The number of benzene rings is 2. The number of carbonyl (C=O) groups is 2. The second-order valence-electron chi connectivity index (χ2n) is 8.74. The third-order valence-corrected chi connectivity index (χ3v) is 5.45. The molecule has 1 aliphatic heterocycles. The molecule has 0 spiro atoms. The van der Waals surface area contributed by atoms with Gasteiger partial charge < -0.3 is 16.0 Å². The third kappa shape index (κ3) is 5.49. The monoisotopic (exact) mass is 417 g/mol. The first-order valence-electron chi connectivity index (χ1n) is 10.1. The van der Waals surface area contributed by atoms with Gasteiger partial charge in [-0.05, 0) is 35.2 Å². The fourth-order valence-electron chi connectivity index (χ4n) is 3.84. The highest BCUT2D eigenvalue weighted by molar-refractivity contribution is 5.86. The van der Waals surface area contributed by atoms with Crippen LogP contribution in [0.4, 0.5) is 0 Å². The highest BCUT2D eigenvalue weighted by Crippen LogP contribution is 2.25. The summed E-state index contributed by atoms with van der Waals surface area (Å²) >= 11 is 0. The molecule has 0 bridgehead atoms. The fraction of sp³-hybridized carbons (Fsp3) is 0.478. The zero-order chi connectivity index (χ0) is 20.3. The molecule has 6 heteroatoms. The average molecular weight is 418 g/mol. The van der Waals surface area contributed by atoms with Crippen LogP contribution in [0.15, 0.2) is 42.5 Å². The standard InChI is InChI=1S/C23H31N3O2.ClH/c1-23(2,3)22(28)26-12-6-9-19(15-26)21(27)25-20(14-24)18-11-10-16-7-4-5-8-17(16)13-18;/h4-5,7-8,10-11,13,19-20H,6,9,12,14-15,24H2,1-3H3,(H,25,27);1H. The van der Waals surface area contributed by atoms with Gasteiger partial charge in [0.1, 0.15) is 0 Å². The number of piperidine rings is 1. The smallest absolute Gasteiger partial charge is 0.227 e. The van der Waals surface area contributed by atoms with Crippen molar-refractivity contribution in [1.29, 1.82) is 0 Å². The normalized spacial score (nSPS) is 18.1. The molecule has 0 aliphatic carbocycles. The van der Waals surface area contributed by atoms with Crippen LogP contribution < -0.4 is 11.1 Å². The summed E-state index contributed by atoms with van der Waals surface area (Å²) in [4.78, 5) is 27.3. The van der Waals surface area contributed by atoms with Gasteiger partial charge in [-0.15, -0.1) is 12.4 Å². The van der Waals surface area contributed by atoms with Crippen LogP contribution in [0.2, 0.25) is 0 Å². The topological polar surface area (TPSA) is 75.4 Å². The van der Waals surface area contributed by atoms with Gasteiger partial charge in [0.15, 0.2) is 0 Å². The minimum Gasteiger partial charge on any atom is -0.348 e. The van der Waals surface area contributed by atoms with E-state index in [2.05, 4.69) is 29.6 Å². The van der Waals surface area contributed by atoms with Crippen LogP contribution in [0.5, 0.6) is 0 Å². The Morgan fingerprint density at radius 1 is 1.17 bits per heavy atom. The molecule has 1 heterocycles. The molecule has 2 atom stereocenters. The Morgan fingerprint density at radius 2 is 1.86 bits per heavy atom. The summed E-state index contributed by atoms with van der Waals surface area (Å²) < 4.78 is 0. The van der Waals surface area contributed by atoms with Gasteiger partial charge >= 0.3 is 0 Å². The van der Waals surface area contributed by atoms with Gasteiger partial charge in [-0.1, -0.05) is 57.2 Å². The van der Waals surface area contributed by atoms with Crippen molar-refractivity contribution in [1.82, 2.24) is 10.2 Å². The van der Waals surface area contributed by atoms with E-state index in [0.29, 0.717) is 13.1 Å². The minimum absolute atomic E-state index is 0. The molecule has 0 saturated carbocycles. The Balaban J connectivity index is 0.00000300. The third-order valence-electron chi connectivity index (χ3n) is 5.45. The van der Waals surface area contributed by atoms with E-state index in [1.807, 2.05) is 43.9 Å². The molecule has 29 heavy (non-hydrogen) atoms. The molecule has 1 fully saturated rings. The van der Waals surface area contributed by atoms with Crippen molar-refractivity contribution in [2.75, 3.05) is 19.6 Å². The van der Waals surface area contributed by atoms with Gasteiger partial charge in [0, 0.05) is 25.0 Å².